The lowest BCUT2D eigenvalue weighted by Gasteiger charge is -2.38. The van der Waals surface area contributed by atoms with Crippen molar-refractivity contribution >= 4 is 17.8 Å². The maximum absolute atomic E-state index is 13.4. The standard InChI is InChI=1S/C23H41N3O4.C4H10/c1-7-23(8-2,25-16(3)4)22(30)24-19(18-12-10-9-11-13-18)20(27)26(6)15-14-17(5)21(28)29;1-4(2)3/h14,16,18-19,25H,7-13,15H2,1-6H3,(H,24,30)(H,28,29);4H,1-3H3/b17-14+;. The van der Waals surface area contributed by atoms with Crippen molar-refractivity contribution in [1.82, 2.24) is 15.5 Å². The van der Waals surface area contributed by atoms with Crippen molar-refractivity contribution in [3.8, 4) is 0 Å². The summed E-state index contributed by atoms with van der Waals surface area (Å²) in [6.07, 6.45) is 7.90. The van der Waals surface area contributed by atoms with E-state index < -0.39 is 17.6 Å². The van der Waals surface area contributed by atoms with Crippen LogP contribution in [0.4, 0.5) is 0 Å². The molecule has 7 nitrogen and oxygen atoms in total. The van der Waals surface area contributed by atoms with E-state index >= 15 is 0 Å². The van der Waals surface area contributed by atoms with Crippen LogP contribution in [0, 0.1) is 11.8 Å². The van der Waals surface area contributed by atoms with Crippen molar-refractivity contribution < 1.29 is 19.5 Å². The summed E-state index contributed by atoms with van der Waals surface area (Å²) in [5.41, 5.74) is -0.510. The zero-order valence-electron chi connectivity index (χ0n) is 23.2. The molecule has 3 N–H and O–H groups in total. The molecule has 1 unspecified atom stereocenters. The predicted molar refractivity (Wildman–Crippen MR) is 140 cm³/mol. The van der Waals surface area contributed by atoms with Crippen molar-refractivity contribution in [1.29, 1.82) is 0 Å². The molecule has 1 aliphatic rings. The molecule has 0 radical (unpaired) electrons. The molecule has 198 valence electrons. The Labute approximate surface area is 208 Å². The van der Waals surface area contributed by atoms with Crippen LogP contribution in [-0.4, -0.2) is 59.0 Å². The highest BCUT2D eigenvalue weighted by Crippen LogP contribution is 2.28. The lowest BCUT2D eigenvalue weighted by molar-refractivity contribution is -0.139. The summed E-state index contributed by atoms with van der Waals surface area (Å²) >= 11 is 0. The van der Waals surface area contributed by atoms with Crippen molar-refractivity contribution in [2.75, 3.05) is 13.6 Å². The highest BCUT2D eigenvalue weighted by Gasteiger charge is 2.40. The fourth-order valence-electron chi connectivity index (χ4n) is 4.21. The number of hydrogen-bond acceptors (Lipinski definition) is 4. The van der Waals surface area contributed by atoms with Crippen LogP contribution in [0.2, 0.25) is 0 Å². The zero-order valence-corrected chi connectivity index (χ0v) is 23.2. The second-order valence-electron chi connectivity index (χ2n) is 10.6. The average molecular weight is 482 g/mol. The summed E-state index contributed by atoms with van der Waals surface area (Å²) in [6.45, 7) is 16.2. The van der Waals surface area contributed by atoms with Gasteiger partial charge in [0.05, 0.1) is 5.54 Å². The van der Waals surface area contributed by atoms with Crippen molar-refractivity contribution in [2.24, 2.45) is 11.8 Å². The molecule has 0 bridgehead atoms. The SMILES string of the molecule is CC(C)C.CCC(CC)(NC(C)C)C(=O)NC(C(=O)N(C)C/C=C(\C)C(=O)O)C1CCCCC1. The average Bonchev–Trinajstić information content (AvgIpc) is 2.78. The van der Waals surface area contributed by atoms with E-state index in [1.807, 2.05) is 27.7 Å². The van der Waals surface area contributed by atoms with Gasteiger partial charge in [-0.15, -0.1) is 0 Å². The number of likely N-dealkylation sites (N-methyl/N-ethyl adjacent to an activating group) is 1. The minimum Gasteiger partial charge on any atom is -0.478 e. The molecule has 1 rings (SSSR count). The third kappa shape index (κ3) is 11.0. The lowest BCUT2D eigenvalue weighted by atomic mass is 9.82. The van der Waals surface area contributed by atoms with Crippen LogP contribution in [0.25, 0.3) is 0 Å². The number of rotatable bonds is 11. The van der Waals surface area contributed by atoms with E-state index in [0.717, 1.165) is 38.0 Å². The van der Waals surface area contributed by atoms with Crippen LogP contribution in [0.1, 0.15) is 100 Å². The Hall–Kier alpha value is -1.89. The number of amides is 2. The molecule has 2 amide bonds. The lowest BCUT2D eigenvalue weighted by Crippen LogP contribution is -2.63. The molecular formula is C27H51N3O4. The summed E-state index contributed by atoms with van der Waals surface area (Å²) in [7, 11) is 1.66. The van der Waals surface area contributed by atoms with Crippen LogP contribution >= 0.6 is 0 Å². The molecule has 34 heavy (non-hydrogen) atoms. The first-order valence-corrected chi connectivity index (χ1v) is 13.0. The Morgan fingerprint density at radius 1 is 1.03 bits per heavy atom. The van der Waals surface area contributed by atoms with Gasteiger partial charge >= 0.3 is 5.97 Å². The molecule has 1 aliphatic carbocycles. The zero-order chi connectivity index (χ0) is 26.5. The Balaban J connectivity index is 0.00000251. The summed E-state index contributed by atoms with van der Waals surface area (Å²) in [5.74, 6) is -0.345. The minimum absolute atomic E-state index is 0.104. The van der Waals surface area contributed by atoms with Crippen molar-refractivity contribution in [3.05, 3.63) is 11.6 Å². The smallest absolute Gasteiger partial charge is 0.331 e. The molecule has 0 aromatic rings. The minimum atomic E-state index is -0.997. The monoisotopic (exact) mass is 481 g/mol. The Morgan fingerprint density at radius 2 is 1.53 bits per heavy atom. The maximum Gasteiger partial charge on any atom is 0.331 e. The molecule has 1 saturated carbocycles. The van der Waals surface area contributed by atoms with Gasteiger partial charge < -0.3 is 20.6 Å². The van der Waals surface area contributed by atoms with Gasteiger partial charge in [-0.05, 0) is 58.3 Å². The summed E-state index contributed by atoms with van der Waals surface area (Å²) in [5, 5.41) is 15.6. The van der Waals surface area contributed by atoms with Crippen molar-refractivity contribution in [3.63, 3.8) is 0 Å². The molecule has 0 heterocycles. The number of carbonyl (C=O) groups excluding carboxylic acids is 2. The van der Waals surface area contributed by atoms with Gasteiger partial charge in [-0.2, -0.15) is 0 Å². The number of carbonyl (C=O) groups is 3. The fraction of sp³-hybridized carbons (Fsp3) is 0.815. The van der Waals surface area contributed by atoms with E-state index in [1.165, 1.54) is 17.9 Å². The van der Waals surface area contributed by atoms with Gasteiger partial charge in [0.1, 0.15) is 6.04 Å². The number of nitrogens with zero attached hydrogens (tertiary/aromatic N) is 1. The number of nitrogens with one attached hydrogen (secondary N) is 2. The quantitative estimate of drug-likeness (QED) is 0.370. The number of aliphatic carboxylic acids is 1. The predicted octanol–water partition coefficient (Wildman–Crippen LogP) is 4.76. The Kier molecular flexibility index (Phi) is 15.0. The second-order valence-corrected chi connectivity index (χ2v) is 10.6. The van der Waals surface area contributed by atoms with Gasteiger partial charge in [-0.3, -0.25) is 9.59 Å². The van der Waals surface area contributed by atoms with Gasteiger partial charge in [-0.1, -0.05) is 60.0 Å². The van der Waals surface area contributed by atoms with Crippen molar-refractivity contribution in [2.45, 2.75) is 118 Å². The fourth-order valence-corrected chi connectivity index (χ4v) is 4.21. The molecule has 1 fully saturated rings. The van der Waals surface area contributed by atoms with Gasteiger partial charge in [0.25, 0.3) is 0 Å². The highest BCUT2D eigenvalue weighted by atomic mass is 16.4. The molecule has 0 saturated heterocycles. The first kappa shape index (κ1) is 32.1. The topological polar surface area (TPSA) is 98.7 Å². The van der Waals surface area contributed by atoms with Crippen LogP contribution in [-0.2, 0) is 14.4 Å². The van der Waals surface area contributed by atoms with Gasteiger partial charge in [0.15, 0.2) is 0 Å². The van der Waals surface area contributed by atoms with Gasteiger partial charge in [-0.25, -0.2) is 4.79 Å². The molecule has 1 atom stereocenters. The van der Waals surface area contributed by atoms with E-state index in [9.17, 15) is 14.4 Å². The number of carboxylic acids is 1. The third-order valence-corrected chi connectivity index (χ3v) is 6.27. The molecular weight excluding hydrogens is 430 g/mol. The van der Waals surface area contributed by atoms with E-state index in [4.69, 9.17) is 5.11 Å². The normalized spacial score (nSPS) is 16.0. The first-order chi connectivity index (χ1) is 15.8. The van der Waals surface area contributed by atoms with E-state index in [1.54, 1.807) is 7.05 Å². The van der Waals surface area contributed by atoms with Crippen LogP contribution in [0.5, 0.6) is 0 Å². The van der Waals surface area contributed by atoms with E-state index in [-0.39, 0.29) is 35.9 Å². The van der Waals surface area contributed by atoms with Gasteiger partial charge in [0, 0.05) is 25.2 Å². The summed E-state index contributed by atoms with van der Waals surface area (Å²) < 4.78 is 0. The molecule has 0 spiro atoms. The third-order valence-electron chi connectivity index (χ3n) is 6.27. The maximum atomic E-state index is 13.4. The second kappa shape index (κ2) is 15.9. The Bertz CT molecular complexity index is 660. The van der Waals surface area contributed by atoms with Gasteiger partial charge in [0.2, 0.25) is 11.8 Å². The van der Waals surface area contributed by atoms with E-state index in [2.05, 4.69) is 31.4 Å². The Morgan fingerprint density at radius 3 is 1.94 bits per heavy atom. The molecule has 0 aromatic heterocycles. The van der Waals surface area contributed by atoms with E-state index in [0.29, 0.717) is 12.8 Å². The van der Waals surface area contributed by atoms with Crippen LogP contribution < -0.4 is 10.6 Å². The van der Waals surface area contributed by atoms with Crippen LogP contribution in [0.3, 0.4) is 0 Å². The largest absolute Gasteiger partial charge is 0.478 e. The highest BCUT2D eigenvalue weighted by molar-refractivity contribution is 5.92. The number of carboxylic acid groups (broad SMARTS) is 1. The summed E-state index contributed by atoms with van der Waals surface area (Å²) in [4.78, 5) is 39.2. The molecule has 0 aliphatic heterocycles. The first-order valence-electron chi connectivity index (χ1n) is 13.0. The summed E-state index contributed by atoms with van der Waals surface area (Å²) in [6, 6.07) is -0.445. The number of hydrogen-bond donors (Lipinski definition) is 3. The van der Waals surface area contributed by atoms with Crippen LogP contribution in [0.15, 0.2) is 11.6 Å². The molecule has 0 aromatic carbocycles. The molecule has 7 heteroatoms.